The van der Waals surface area contributed by atoms with Crippen molar-refractivity contribution in [2.45, 2.75) is 107 Å². The van der Waals surface area contributed by atoms with Crippen LogP contribution < -0.4 is 15.4 Å². The standard InChI is InChI=1S/C32H43N3O5/c1-31-18-19-32(40-31)26(25(31)28(36)33-22-9-5-3-6-10-22)30(38)35(20-17-21-13-15-24(39-2)16-14-21)27(32)29(37)34-23-11-7-4-8-12-23/h13-16,18-19,22-23,25-27H,3-12,17,20H2,1-2H3,(H,33,36)(H,34,37)/t25-,26+,27-,31-,32-/m1/s1. The first-order valence-corrected chi connectivity index (χ1v) is 15.3. The number of methoxy groups -OCH3 is 1. The van der Waals surface area contributed by atoms with Crippen LogP contribution >= 0.6 is 0 Å². The summed E-state index contributed by atoms with van der Waals surface area (Å²) < 4.78 is 12.0. The van der Waals surface area contributed by atoms with Gasteiger partial charge in [-0.3, -0.25) is 14.4 Å². The smallest absolute Gasteiger partial charge is 0.246 e. The fraction of sp³-hybridized carbons (Fsp3) is 0.656. The van der Waals surface area contributed by atoms with Crippen LogP contribution in [0.15, 0.2) is 36.4 Å². The van der Waals surface area contributed by atoms with Gasteiger partial charge in [0.15, 0.2) is 0 Å². The van der Waals surface area contributed by atoms with E-state index in [1.54, 1.807) is 12.0 Å². The van der Waals surface area contributed by atoms with Crippen molar-refractivity contribution in [3.05, 3.63) is 42.0 Å². The molecule has 40 heavy (non-hydrogen) atoms. The van der Waals surface area contributed by atoms with Crippen LogP contribution in [0, 0.1) is 11.8 Å². The second-order valence-corrected chi connectivity index (χ2v) is 12.6. The van der Waals surface area contributed by atoms with Crippen molar-refractivity contribution in [1.29, 1.82) is 0 Å². The van der Waals surface area contributed by atoms with Gasteiger partial charge in [0.25, 0.3) is 0 Å². The van der Waals surface area contributed by atoms with Crippen LogP contribution in [0.5, 0.6) is 5.75 Å². The van der Waals surface area contributed by atoms with Gasteiger partial charge >= 0.3 is 0 Å². The second-order valence-electron chi connectivity index (χ2n) is 12.6. The summed E-state index contributed by atoms with van der Waals surface area (Å²) in [4.78, 5) is 43.9. The quantitative estimate of drug-likeness (QED) is 0.483. The summed E-state index contributed by atoms with van der Waals surface area (Å²) in [6.07, 6.45) is 15.1. The minimum absolute atomic E-state index is 0.110. The van der Waals surface area contributed by atoms with Gasteiger partial charge in [-0.2, -0.15) is 0 Å². The largest absolute Gasteiger partial charge is 0.497 e. The maximum atomic E-state index is 14.3. The molecule has 3 aliphatic heterocycles. The van der Waals surface area contributed by atoms with Crippen molar-refractivity contribution < 1.29 is 23.9 Å². The van der Waals surface area contributed by atoms with Gasteiger partial charge in [-0.1, -0.05) is 62.8 Å². The Hall–Kier alpha value is -2.87. The van der Waals surface area contributed by atoms with E-state index in [-0.39, 0.29) is 29.8 Å². The molecule has 2 N–H and O–H groups in total. The third-order valence-corrected chi connectivity index (χ3v) is 10.0. The van der Waals surface area contributed by atoms with Crippen molar-refractivity contribution in [3.8, 4) is 5.75 Å². The lowest BCUT2D eigenvalue weighted by molar-refractivity contribution is -0.145. The third-order valence-electron chi connectivity index (χ3n) is 10.0. The van der Waals surface area contributed by atoms with Gasteiger partial charge in [-0.05, 0) is 56.7 Å². The van der Waals surface area contributed by atoms with E-state index in [0.717, 1.165) is 62.7 Å². The highest BCUT2D eigenvalue weighted by atomic mass is 16.5. The molecule has 1 aromatic carbocycles. The molecule has 2 saturated carbocycles. The number of rotatable bonds is 8. The first-order valence-electron chi connectivity index (χ1n) is 15.3. The van der Waals surface area contributed by atoms with Crippen LogP contribution in [-0.4, -0.2) is 65.6 Å². The highest BCUT2D eigenvalue weighted by molar-refractivity contribution is 6.00. The number of amides is 3. The molecule has 0 aromatic heterocycles. The van der Waals surface area contributed by atoms with Crippen LogP contribution in [0.3, 0.4) is 0 Å². The summed E-state index contributed by atoms with van der Waals surface area (Å²) in [5, 5.41) is 6.53. The van der Waals surface area contributed by atoms with E-state index in [4.69, 9.17) is 9.47 Å². The Labute approximate surface area is 237 Å². The van der Waals surface area contributed by atoms with Gasteiger partial charge in [0.05, 0.1) is 24.5 Å². The molecule has 2 bridgehead atoms. The fourth-order valence-corrected chi connectivity index (χ4v) is 7.98. The Kier molecular flexibility index (Phi) is 7.40. The van der Waals surface area contributed by atoms with Crippen LogP contribution in [0.2, 0.25) is 0 Å². The third kappa shape index (κ3) is 4.72. The zero-order chi connectivity index (χ0) is 27.9. The Morgan fingerprint density at radius 3 is 2.12 bits per heavy atom. The van der Waals surface area contributed by atoms with Crippen molar-refractivity contribution in [2.75, 3.05) is 13.7 Å². The molecule has 5 atom stereocenters. The Balaban J connectivity index is 1.28. The lowest BCUT2D eigenvalue weighted by Crippen LogP contribution is -2.57. The van der Waals surface area contributed by atoms with E-state index in [9.17, 15) is 14.4 Å². The molecule has 3 amide bonds. The predicted octanol–water partition coefficient (Wildman–Crippen LogP) is 3.68. The SMILES string of the molecule is COc1ccc(CCN2C(=O)[C@@H]3[C@H](C(=O)NC4CCCCC4)[C@@]4(C)C=C[C@]3(O4)[C@H]2C(=O)NC2CCCCC2)cc1. The molecule has 5 aliphatic rings. The van der Waals surface area contributed by atoms with Crippen LogP contribution in [0.1, 0.15) is 76.7 Å². The van der Waals surface area contributed by atoms with Crippen LogP contribution in [0.25, 0.3) is 0 Å². The van der Waals surface area contributed by atoms with Gasteiger partial charge in [-0.15, -0.1) is 0 Å². The van der Waals surface area contributed by atoms with E-state index in [2.05, 4.69) is 10.6 Å². The van der Waals surface area contributed by atoms with E-state index in [1.165, 1.54) is 12.8 Å². The van der Waals surface area contributed by atoms with Crippen molar-refractivity contribution >= 4 is 17.7 Å². The molecule has 3 heterocycles. The fourth-order valence-electron chi connectivity index (χ4n) is 7.98. The highest BCUT2D eigenvalue weighted by Gasteiger charge is 2.76. The minimum atomic E-state index is -1.14. The number of fused-ring (bicyclic) bond motifs is 1. The van der Waals surface area contributed by atoms with Gasteiger partial charge in [0.1, 0.15) is 17.4 Å². The van der Waals surface area contributed by atoms with E-state index < -0.39 is 29.1 Å². The molecule has 0 unspecified atom stereocenters. The normalized spacial score (nSPS) is 33.7. The average Bonchev–Trinajstić information content (AvgIpc) is 3.53. The second kappa shape index (κ2) is 10.8. The molecule has 2 saturated heterocycles. The lowest BCUT2D eigenvalue weighted by atomic mass is 9.70. The Bertz CT molecular complexity index is 1160. The number of benzene rings is 1. The molecular weight excluding hydrogens is 506 g/mol. The zero-order valence-corrected chi connectivity index (χ0v) is 23.8. The molecule has 0 radical (unpaired) electrons. The predicted molar refractivity (Wildman–Crippen MR) is 151 cm³/mol. The highest BCUT2D eigenvalue weighted by Crippen LogP contribution is 2.59. The summed E-state index contributed by atoms with van der Waals surface area (Å²) in [5.41, 5.74) is -1.00. The summed E-state index contributed by atoms with van der Waals surface area (Å²) in [7, 11) is 1.63. The molecular formula is C32H43N3O5. The number of nitrogens with zero attached hydrogens (tertiary/aromatic N) is 1. The van der Waals surface area contributed by atoms with E-state index in [0.29, 0.717) is 13.0 Å². The average molecular weight is 550 g/mol. The summed E-state index contributed by atoms with van der Waals surface area (Å²) >= 11 is 0. The molecule has 1 aromatic rings. The number of hydrogen-bond donors (Lipinski definition) is 2. The number of carbonyl (C=O) groups is 3. The van der Waals surface area contributed by atoms with Gasteiger partial charge in [0.2, 0.25) is 17.7 Å². The Morgan fingerprint density at radius 1 is 0.925 bits per heavy atom. The topological polar surface area (TPSA) is 97.0 Å². The molecule has 6 rings (SSSR count). The maximum absolute atomic E-state index is 14.3. The van der Waals surface area contributed by atoms with Gasteiger partial charge < -0.3 is 25.0 Å². The first-order chi connectivity index (χ1) is 19.3. The number of carbonyl (C=O) groups excluding carboxylic acids is 3. The summed E-state index contributed by atoms with van der Waals surface area (Å²) in [6.45, 7) is 2.27. The molecule has 4 fully saturated rings. The minimum Gasteiger partial charge on any atom is -0.497 e. The number of likely N-dealkylation sites (tertiary alicyclic amines) is 1. The van der Waals surface area contributed by atoms with Crippen LogP contribution in [0.4, 0.5) is 0 Å². The van der Waals surface area contributed by atoms with E-state index in [1.807, 2.05) is 43.3 Å². The number of hydrogen-bond acceptors (Lipinski definition) is 5. The summed E-state index contributed by atoms with van der Waals surface area (Å²) in [6, 6.07) is 7.22. The molecule has 2 aliphatic carbocycles. The number of nitrogens with one attached hydrogen (secondary N) is 2. The zero-order valence-electron chi connectivity index (χ0n) is 23.8. The first kappa shape index (κ1) is 27.3. The Morgan fingerprint density at radius 2 is 1.52 bits per heavy atom. The van der Waals surface area contributed by atoms with Gasteiger partial charge in [-0.25, -0.2) is 0 Å². The number of ether oxygens (including phenoxy) is 2. The molecule has 8 nitrogen and oxygen atoms in total. The van der Waals surface area contributed by atoms with Gasteiger partial charge in [0, 0.05) is 18.6 Å². The van der Waals surface area contributed by atoms with Crippen molar-refractivity contribution in [3.63, 3.8) is 0 Å². The molecule has 8 heteroatoms. The lowest BCUT2D eigenvalue weighted by Gasteiger charge is -2.34. The molecule has 216 valence electrons. The van der Waals surface area contributed by atoms with E-state index >= 15 is 0 Å². The van der Waals surface area contributed by atoms with Crippen molar-refractivity contribution in [2.24, 2.45) is 11.8 Å². The molecule has 1 spiro atoms. The summed E-state index contributed by atoms with van der Waals surface area (Å²) in [5.74, 6) is -1.06. The monoisotopic (exact) mass is 549 g/mol. The van der Waals surface area contributed by atoms with Crippen molar-refractivity contribution in [1.82, 2.24) is 15.5 Å². The van der Waals surface area contributed by atoms with Crippen LogP contribution in [-0.2, 0) is 25.5 Å². The maximum Gasteiger partial charge on any atom is 0.246 e.